The summed E-state index contributed by atoms with van der Waals surface area (Å²) in [6, 6.07) is 12.6. The van der Waals surface area contributed by atoms with E-state index in [4.69, 9.17) is 11.6 Å². The Bertz CT molecular complexity index is 1230. The molecule has 34 heavy (non-hydrogen) atoms. The number of aliphatic hydroxyl groups is 1. The van der Waals surface area contributed by atoms with Crippen LogP contribution >= 0.6 is 11.6 Å². The molecule has 0 unspecified atom stereocenters. The highest BCUT2D eigenvalue weighted by atomic mass is 35.5. The van der Waals surface area contributed by atoms with Crippen molar-refractivity contribution < 1.29 is 14.7 Å². The van der Waals surface area contributed by atoms with Crippen LogP contribution < -0.4 is 10.6 Å². The maximum atomic E-state index is 13.1. The molecule has 1 aromatic heterocycles. The predicted molar refractivity (Wildman–Crippen MR) is 131 cm³/mol. The van der Waals surface area contributed by atoms with Crippen molar-refractivity contribution in [3.05, 3.63) is 75.9 Å². The second-order valence-electron chi connectivity index (χ2n) is 8.03. The largest absolute Gasteiger partial charge is 0.394 e. The van der Waals surface area contributed by atoms with Gasteiger partial charge in [-0.25, -0.2) is 9.97 Å². The van der Waals surface area contributed by atoms with Crippen LogP contribution in [0.5, 0.6) is 0 Å². The van der Waals surface area contributed by atoms with Crippen molar-refractivity contribution in [3.8, 4) is 11.3 Å². The van der Waals surface area contributed by atoms with Crippen LogP contribution in [0, 0.1) is 0 Å². The third-order valence-corrected chi connectivity index (χ3v) is 6.17. The van der Waals surface area contributed by atoms with E-state index in [1.165, 1.54) is 11.1 Å². The first-order chi connectivity index (χ1) is 16.4. The lowest BCUT2D eigenvalue weighted by Crippen LogP contribution is -2.40. The zero-order valence-corrected chi connectivity index (χ0v) is 19.8. The number of aromatic nitrogens is 2. The number of rotatable bonds is 8. The van der Waals surface area contributed by atoms with Gasteiger partial charge in [-0.2, -0.15) is 0 Å². The minimum Gasteiger partial charge on any atom is -0.394 e. The van der Waals surface area contributed by atoms with Crippen molar-refractivity contribution in [1.29, 1.82) is 0 Å². The third-order valence-electron chi connectivity index (χ3n) is 5.89. The Hall–Kier alpha value is -3.49. The fraction of sp³-hybridized carbons (Fsp3) is 0.280. The first-order valence-electron chi connectivity index (χ1n) is 11.1. The number of carbonyl (C=O) groups excluding carboxylic acids is 2. The molecule has 1 aliphatic rings. The van der Waals surface area contributed by atoms with Crippen molar-refractivity contribution in [2.45, 2.75) is 25.9 Å². The molecular weight excluding hydrogens is 454 g/mol. The molecule has 1 aliphatic heterocycles. The number of benzene rings is 2. The number of carbonyl (C=O) groups is 2. The Morgan fingerprint density at radius 1 is 1.26 bits per heavy atom. The molecule has 0 bridgehead atoms. The van der Waals surface area contributed by atoms with Crippen molar-refractivity contribution in [2.75, 3.05) is 25.5 Å². The van der Waals surface area contributed by atoms with Gasteiger partial charge in [0, 0.05) is 24.7 Å². The fourth-order valence-electron chi connectivity index (χ4n) is 4.16. The summed E-state index contributed by atoms with van der Waals surface area (Å²) < 4.78 is 0. The summed E-state index contributed by atoms with van der Waals surface area (Å²) >= 11 is 6.29. The third kappa shape index (κ3) is 4.73. The maximum Gasteiger partial charge on any atom is 0.254 e. The van der Waals surface area contributed by atoms with Crippen molar-refractivity contribution in [2.24, 2.45) is 0 Å². The number of fused-ring (bicyclic) bond motifs is 1. The molecule has 0 radical (unpaired) electrons. The monoisotopic (exact) mass is 479 g/mol. The average Bonchev–Trinajstić information content (AvgIpc) is 3.17. The smallest absolute Gasteiger partial charge is 0.254 e. The second kappa shape index (κ2) is 10.2. The molecule has 0 saturated carbocycles. The van der Waals surface area contributed by atoms with Crippen LogP contribution in [0.4, 0.5) is 5.95 Å². The van der Waals surface area contributed by atoms with Crippen molar-refractivity contribution >= 4 is 29.4 Å². The van der Waals surface area contributed by atoms with Crippen LogP contribution in [0.25, 0.3) is 11.3 Å². The number of nitrogens with one attached hydrogen (secondary N) is 2. The Morgan fingerprint density at radius 3 is 2.79 bits per heavy atom. The molecule has 3 aromatic rings. The first kappa shape index (κ1) is 23.7. The van der Waals surface area contributed by atoms with Crippen LogP contribution in [0.3, 0.4) is 0 Å². The standard InChI is InChI=1S/C25H26ClN5O3/c1-3-15-6-4-5-7-18(15)21(14-32)29-22(33)13-31-12-17-9-8-16(10-19(17)24(31)34)23-20(26)11-28-25(27-2)30-23/h4-11,21,32H,3,12-14H2,1-2H3,(H,29,33)(H,27,28,30)/t21-/m1/s1. The number of nitrogens with zero attached hydrogens (tertiary/aromatic N) is 3. The highest BCUT2D eigenvalue weighted by Gasteiger charge is 2.30. The minimum absolute atomic E-state index is 0.105. The van der Waals surface area contributed by atoms with E-state index in [0.717, 1.165) is 23.1 Å². The van der Waals surface area contributed by atoms with Gasteiger partial charge in [0.15, 0.2) is 0 Å². The van der Waals surface area contributed by atoms with Crippen LogP contribution in [0.15, 0.2) is 48.7 Å². The van der Waals surface area contributed by atoms with Crippen molar-refractivity contribution in [1.82, 2.24) is 20.2 Å². The van der Waals surface area contributed by atoms with Gasteiger partial charge >= 0.3 is 0 Å². The van der Waals surface area contributed by atoms with Crippen LogP contribution in [0.2, 0.25) is 5.02 Å². The van der Waals surface area contributed by atoms with Crippen LogP contribution in [-0.4, -0.2) is 52.0 Å². The van der Waals surface area contributed by atoms with Crippen LogP contribution in [-0.2, 0) is 17.8 Å². The molecule has 0 aliphatic carbocycles. The van der Waals surface area contributed by atoms with Gasteiger partial charge in [-0.15, -0.1) is 0 Å². The lowest BCUT2D eigenvalue weighted by atomic mass is 9.99. The quantitative estimate of drug-likeness (QED) is 0.458. The molecular formula is C25H26ClN5O3. The summed E-state index contributed by atoms with van der Waals surface area (Å²) in [7, 11) is 1.71. The lowest BCUT2D eigenvalue weighted by molar-refractivity contribution is -0.122. The average molecular weight is 480 g/mol. The lowest BCUT2D eigenvalue weighted by Gasteiger charge is -2.22. The normalized spacial score (nSPS) is 13.5. The van der Waals surface area contributed by atoms with Gasteiger partial charge < -0.3 is 20.6 Å². The van der Waals surface area contributed by atoms with Gasteiger partial charge in [0.2, 0.25) is 11.9 Å². The highest BCUT2D eigenvalue weighted by Crippen LogP contribution is 2.31. The van der Waals surface area contributed by atoms with Gasteiger partial charge in [0.05, 0.1) is 29.6 Å². The molecule has 2 amide bonds. The molecule has 9 heteroatoms. The number of hydrogen-bond donors (Lipinski definition) is 3. The van der Waals surface area contributed by atoms with E-state index in [0.29, 0.717) is 34.3 Å². The van der Waals surface area contributed by atoms with E-state index in [-0.39, 0.29) is 25.0 Å². The van der Waals surface area contributed by atoms with Gasteiger partial charge in [-0.3, -0.25) is 9.59 Å². The number of anilines is 1. The van der Waals surface area contributed by atoms with E-state index in [9.17, 15) is 14.7 Å². The van der Waals surface area contributed by atoms with Crippen molar-refractivity contribution in [3.63, 3.8) is 0 Å². The van der Waals surface area contributed by atoms with E-state index < -0.39 is 6.04 Å². The number of amides is 2. The first-order valence-corrected chi connectivity index (χ1v) is 11.4. The number of halogens is 1. The predicted octanol–water partition coefficient (Wildman–Crippen LogP) is 3.21. The summed E-state index contributed by atoms with van der Waals surface area (Å²) in [6.07, 6.45) is 2.30. The van der Waals surface area contributed by atoms with E-state index >= 15 is 0 Å². The molecule has 8 nitrogen and oxygen atoms in total. The number of aryl methyl sites for hydroxylation is 1. The fourth-order valence-corrected chi connectivity index (χ4v) is 4.36. The maximum absolute atomic E-state index is 13.1. The van der Waals surface area contributed by atoms with E-state index in [1.807, 2.05) is 43.3 Å². The SMILES string of the molecule is CCc1ccccc1[C@@H](CO)NC(=O)CN1Cc2ccc(-c3nc(NC)ncc3Cl)cc2C1=O. The molecule has 176 valence electrons. The summed E-state index contributed by atoms with van der Waals surface area (Å²) in [4.78, 5) is 35.8. The van der Waals surface area contributed by atoms with Gasteiger partial charge in [0.25, 0.3) is 5.91 Å². The zero-order chi connectivity index (χ0) is 24.2. The summed E-state index contributed by atoms with van der Waals surface area (Å²) in [5.41, 5.74) is 4.50. The topological polar surface area (TPSA) is 107 Å². The minimum atomic E-state index is -0.531. The molecule has 4 rings (SSSR count). The molecule has 0 saturated heterocycles. The highest BCUT2D eigenvalue weighted by molar-refractivity contribution is 6.33. The molecule has 0 fully saturated rings. The number of aliphatic hydroxyl groups excluding tert-OH is 1. The summed E-state index contributed by atoms with van der Waals surface area (Å²) in [5, 5.41) is 16.0. The Morgan fingerprint density at radius 2 is 2.06 bits per heavy atom. The summed E-state index contributed by atoms with van der Waals surface area (Å²) in [6.45, 7) is 2.02. The molecule has 1 atom stereocenters. The Labute approximate surface area is 203 Å². The van der Waals surface area contributed by atoms with Crippen LogP contribution in [0.1, 0.15) is 40.0 Å². The van der Waals surface area contributed by atoms with Gasteiger partial charge in [-0.1, -0.05) is 54.9 Å². The van der Waals surface area contributed by atoms with Gasteiger partial charge in [-0.05, 0) is 29.2 Å². The van der Waals surface area contributed by atoms with E-state index in [1.54, 1.807) is 13.1 Å². The number of hydrogen-bond acceptors (Lipinski definition) is 6. The molecule has 2 heterocycles. The molecule has 2 aromatic carbocycles. The second-order valence-corrected chi connectivity index (χ2v) is 8.44. The molecule has 3 N–H and O–H groups in total. The molecule has 0 spiro atoms. The van der Waals surface area contributed by atoms with Gasteiger partial charge in [0.1, 0.15) is 6.54 Å². The summed E-state index contributed by atoms with van der Waals surface area (Å²) in [5.74, 6) is -0.142. The Balaban J connectivity index is 1.49. The Kier molecular flexibility index (Phi) is 7.09. The van der Waals surface area contributed by atoms with E-state index in [2.05, 4.69) is 20.6 Å². The zero-order valence-electron chi connectivity index (χ0n) is 19.0.